The molecule has 7 nitrogen and oxygen atoms in total. The molecule has 29 heavy (non-hydrogen) atoms. The molecule has 1 unspecified atom stereocenters. The van der Waals surface area contributed by atoms with Crippen molar-refractivity contribution in [3.05, 3.63) is 60.2 Å². The molecule has 1 atom stereocenters. The lowest BCUT2D eigenvalue weighted by atomic mass is 10.1. The second-order valence-corrected chi connectivity index (χ2v) is 9.31. The van der Waals surface area contributed by atoms with Gasteiger partial charge in [0.05, 0.1) is 17.4 Å². The Balaban J connectivity index is 1.49. The van der Waals surface area contributed by atoms with Crippen molar-refractivity contribution in [3.8, 4) is 0 Å². The van der Waals surface area contributed by atoms with Crippen molar-refractivity contribution in [2.45, 2.75) is 6.92 Å². The average molecular weight is 413 g/mol. The number of benzene rings is 2. The molecule has 0 spiro atoms. The maximum atomic E-state index is 13.0. The van der Waals surface area contributed by atoms with Crippen LogP contribution in [0.2, 0.25) is 0 Å². The molecule has 2 aliphatic heterocycles. The Kier molecular flexibility index (Phi) is 5.04. The number of sulfonamides is 1. The van der Waals surface area contributed by atoms with Gasteiger partial charge in [-0.1, -0.05) is 31.2 Å². The van der Waals surface area contributed by atoms with E-state index in [0.29, 0.717) is 18.7 Å². The lowest BCUT2D eigenvalue weighted by Crippen LogP contribution is -2.48. The van der Waals surface area contributed by atoms with Crippen LogP contribution in [0.25, 0.3) is 0 Å². The number of hydrogen-bond donors (Lipinski definition) is 0. The van der Waals surface area contributed by atoms with E-state index in [1.165, 1.54) is 6.07 Å². The number of rotatable bonds is 3. The Morgan fingerprint density at radius 1 is 0.931 bits per heavy atom. The molecule has 0 radical (unpaired) electrons. The number of hydrogen-bond acceptors (Lipinski definition) is 5. The standard InChI is InChI=1S/C21H23N3O4S/c1-16-15-29(27,28)24(20(16)25)19-9-5-6-17(14-19)21(26)23-12-10-22(11-13-23)18-7-3-2-4-8-18/h2-9,14,16H,10-13,15H2,1H3. The number of amides is 2. The van der Waals surface area contributed by atoms with Gasteiger partial charge in [-0.3, -0.25) is 9.59 Å². The van der Waals surface area contributed by atoms with Crippen molar-refractivity contribution >= 4 is 33.2 Å². The summed E-state index contributed by atoms with van der Waals surface area (Å²) in [6.07, 6.45) is 0. The number of carbonyl (C=O) groups excluding carboxylic acids is 2. The fourth-order valence-corrected chi connectivity index (χ4v) is 5.65. The van der Waals surface area contributed by atoms with Crippen LogP contribution < -0.4 is 9.21 Å². The Morgan fingerprint density at radius 3 is 2.21 bits per heavy atom. The third-order valence-corrected chi connectivity index (χ3v) is 7.24. The summed E-state index contributed by atoms with van der Waals surface area (Å²) in [7, 11) is -3.69. The smallest absolute Gasteiger partial charge is 0.254 e. The highest BCUT2D eigenvalue weighted by molar-refractivity contribution is 7.94. The first kappa shape index (κ1) is 19.4. The molecular formula is C21H23N3O4S. The van der Waals surface area contributed by atoms with Gasteiger partial charge in [-0.25, -0.2) is 12.7 Å². The van der Waals surface area contributed by atoms with Crippen LogP contribution in [0.4, 0.5) is 11.4 Å². The number of carbonyl (C=O) groups is 2. The molecule has 2 aliphatic rings. The Labute approximate surface area is 170 Å². The van der Waals surface area contributed by atoms with Crippen LogP contribution in [0.3, 0.4) is 0 Å². The summed E-state index contributed by atoms with van der Waals surface area (Å²) in [6, 6.07) is 16.4. The molecule has 0 bridgehead atoms. The molecule has 0 aliphatic carbocycles. The van der Waals surface area contributed by atoms with Crippen molar-refractivity contribution in [2.24, 2.45) is 5.92 Å². The molecule has 2 amide bonds. The second kappa shape index (κ2) is 7.51. The molecule has 2 aromatic carbocycles. The van der Waals surface area contributed by atoms with Gasteiger partial charge in [0.15, 0.2) is 0 Å². The van der Waals surface area contributed by atoms with Gasteiger partial charge in [-0.05, 0) is 30.3 Å². The van der Waals surface area contributed by atoms with E-state index in [1.54, 1.807) is 30.0 Å². The quantitative estimate of drug-likeness (QED) is 0.769. The summed E-state index contributed by atoms with van der Waals surface area (Å²) in [6.45, 7) is 4.21. The maximum Gasteiger partial charge on any atom is 0.254 e. The molecule has 0 saturated carbocycles. The van der Waals surface area contributed by atoms with Gasteiger partial charge < -0.3 is 9.80 Å². The van der Waals surface area contributed by atoms with Gasteiger partial charge >= 0.3 is 0 Å². The van der Waals surface area contributed by atoms with Crippen LogP contribution in [0.15, 0.2) is 54.6 Å². The van der Waals surface area contributed by atoms with Crippen LogP contribution >= 0.6 is 0 Å². The number of anilines is 2. The summed E-state index contributed by atoms with van der Waals surface area (Å²) in [5.41, 5.74) is 1.75. The predicted octanol–water partition coefficient (Wildman–Crippen LogP) is 1.96. The predicted molar refractivity (Wildman–Crippen MR) is 111 cm³/mol. The Hall–Kier alpha value is -2.87. The molecule has 4 rings (SSSR count). The van der Waals surface area contributed by atoms with Gasteiger partial charge in [-0.2, -0.15) is 0 Å². The summed E-state index contributed by atoms with van der Waals surface area (Å²) >= 11 is 0. The van der Waals surface area contributed by atoms with Crippen LogP contribution in [0.5, 0.6) is 0 Å². The van der Waals surface area contributed by atoms with E-state index >= 15 is 0 Å². The summed E-state index contributed by atoms with van der Waals surface area (Å²) < 4.78 is 25.5. The minimum atomic E-state index is -3.69. The molecule has 2 saturated heterocycles. The molecule has 0 N–H and O–H groups in total. The second-order valence-electron chi connectivity index (χ2n) is 7.45. The van der Waals surface area contributed by atoms with Gasteiger partial charge in [0.25, 0.3) is 5.91 Å². The lowest BCUT2D eigenvalue weighted by Gasteiger charge is -2.36. The SMILES string of the molecule is CC1CS(=O)(=O)N(c2cccc(C(=O)N3CCN(c4ccccc4)CC3)c2)C1=O. The molecule has 2 heterocycles. The van der Waals surface area contributed by atoms with E-state index in [0.717, 1.165) is 23.1 Å². The topological polar surface area (TPSA) is 78.0 Å². The van der Waals surface area contributed by atoms with Gasteiger partial charge in [-0.15, -0.1) is 0 Å². The first-order chi connectivity index (χ1) is 13.9. The summed E-state index contributed by atoms with van der Waals surface area (Å²) in [5.74, 6) is -1.39. The van der Waals surface area contributed by atoms with Crippen LogP contribution in [0.1, 0.15) is 17.3 Å². The number of para-hydroxylation sites is 1. The molecule has 152 valence electrons. The minimum Gasteiger partial charge on any atom is -0.368 e. The van der Waals surface area contributed by atoms with E-state index in [9.17, 15) is 18.0 Å². The molecule has 0 aromatic heterocycles. The Morgan fingerprint density at radius 2 is 1.59 bits per heavy atom. The van der Waals surface area contributed by atoms with E-state index in [1.807, 2.05) is 18.2 Å². The van der Waals surface area contributed by atoms with Crippen molar-refractivity contribution < 1.29 is 18.0 Å². The van der Waals surface area contributed by atoms with E-state index < -0.39 is 21.8 Å². The maximum absolute atomic E-state index is 13.0. The molecular weight excluding hydrogens is 390 g/mol. The van der Waals surface area contributed by atoms with Gasteiger partial charge in [0.2, 0.25) is 15.9 Å². The first-order valence-corrected chi connectivity index (χ1v) is 11.2. The highest BCUT2D eigenvalue weighted by atomic mass is 32.2. The third-order valence-electron chi connectivity index (χ3n) is 5.38. The lowest BCUT2D eigenvalue weighted by molar-refractivity contribution is -0.119. The number of piperazine rings is 1. The summed E-state index contributed by atoms with van der Waals surface area (Å²) in [4.78, 5) is 29.3. The van der Waals surface area contributed by atoms with Gasteiger partial charge in [0, 0.05) is 37.4 Å². The van der Waals surface area contributed by atoms with Crippen molar-refractivity contribution in [1.29, 1.82) is 0 Å². The third kappa shape index (κ3) is 3.72. The van der Waals surface area contributed by atoms with Crippen LogP contribution in [-0.4, -0.2) is 57.1 Å². The fourth-order valence-electron chi connectivity index (χ4n) is 3.84. The summed E-state index contributed by atoms with van der Waals surface area (Å²) in [5, 5.41) is 0. The highest BCUT2D eigenvalue weighted by Crippen LogP contribution is 2.29. The molecule has 2 fully saturated rings. The molecule has 2 aromatic rings. The zero-order chi connectivity index (χ0) is 20.6. The fraction of sp³-hybridized carbons (Fsp3) is 0.333. The van der Waals surface area contributed by atoms with Crippen molar-refractivity contribution in [3.63, 3.8) is 0 Å². The average Bonchev–Trinajstić information content (AvgIpc) is 2.94. The van der Waals surface area contributed by atoms with E-state index in [-0.39, 0.29) is 17.3 Å². The van der Waals surface area contributed by atoms with Crippen molar-refractivity contribution in [1.82, 2.24) is 4.90 Å². The van der Waals surface area contributed by atoms with Crippen LogP contribution in [-0.2, 0) is 14.8 Å². The number of nitrogens with zero attached hydrogens (tertiary/aromatic N) is 3. The molecule has 8 heteroatoms. The Bertz CT molecular complexity index is 1030. The zero-order valence-electron chi connectivity index (χ0n) is 16.2. The normalized spacial score (nSPS) is 21.5. The monoisotopic (exact) mass is 413 g/mol. The van der Waals surface area contributed by atoms with E-state index in [2.05, 4.69) is 17.0 Å². The first-order valence-electron chi connectivity index (χ1n) is 9.63. The minimum absolute atomic E-state index is 0.156. The van der Waals surface area contributed by atoms with E-state index in [4.69, 9.17) is 0 Å². The highest BCUT2D eigenvalue weighted by Gasteiger charge is 2.42. The van der Waals surface area contributed by atoms with Gasteiger partial charge in [0.1, 0.15) is 0 Å². The van der Waals surface area contributed by atoms with Crippen LogP contribution in [0, 0.1) is 5.92 Å². The zero-order valence-corrected chi connectivity index (χ0v) is 17.0. The van der Waals surface area contributed by atoms with Crippen molar-refractivity contribution in [2.75, 3.05) is 41.1 Å². The largest absolute Gasteiger partial charge is 0.368 e.